The predicted molar refractivity (Wildman–Crippen MR) is 100 cm³/mol. The van der Waals surface area contributed by atoms with Crippen LogP contribution in [0.25, 0.3) is 0 Å². The van der Waals surface area contributed by atoms with Crippen LogP contribution in [0.1, 0.15) is 19.4 Å². The van der Waals surface area contributed by atoms with Crippen molar-refractivity contribution < 1.29 is 18.7 Å². The number of methoxy groups -OCH3 is 1. The highest BCUT2D eigenvalue weighted by Crippen LogP contribution is 2.28. The molecule has 0 bridgehead atoms. The maximum atomic E-state index is 13.6. The third-order valence-electron chi connectivity index (χ3n) is 3.73. The number of amides is 2. The molecule has 0 radical (unpaired) electrons. The van der Waals surface area contributed by atoms with Gasteiger partial charge in [-0.2, -0.15) is 0 Å². The number of aryl methyl sites for hydroxylation is 1. The Balaban J connectivity index is 2.05. The third kappa shape index (κ3) is 4.95. The molecule has 2 aromatic carbocycles. The second kappa shape index (κ2) is 8.33. The van der Waals surface area contributed by atoms with Gasteiger partial charge in [-0.15, -0.1) is 0 Å². The van der Waals surface area contributed by atoms with Gasteiger partial charge in [-0.3, -0.25) is 9.59 Å². The van der Waals surface area contributed by atoms with Crippen molar-refractivity contribution >= 4 is 28.9 Å². The Bertz CT molecular complexity index is 824. The fourth-order valence-electron chi connectivity index (χ4n) is 2.31. The molecule has 1 atom stereocenters. The van der Waals surface area contributed by atoms with Gasteiger partial charge in [-0.05, 0) is 43.7 Å². The molecule has 2 rings (SSSR count). The molecular formula is C19H22FN3O3. The summed E-state index contributed by atoms with van der Waals surface area (Å²) in [5.74, 6) is -0.416. The van der Waals surface area contributed by atoms with Crippen molar-refractivity contribution in [2.75, 3.05) is 23.1 Å². The minimum absolute atomic E-state index is 0.206. The lowest BCUT2D eigenvalue weighted by Crippen LogP contribution is -2.31. The van der Waals surface area contributed by atoms with E-state index in [0.717, 1.165) is 0 Å². The summed E-state index contributed by atoms with van der Waals surface area (Å²) in [6.07, 6.45) is 0. The SMILES string of the molecule is COc1cc(N[C@H](C)C(=O)Nc2ccc(C)c(F)c2)ccc1NC(C)=O. The zero-order valence-electron chi connectivity index (χ0n) is 15.1. The quantitative estimate of drug-likeness (QED) is 0.737. The van der Waals surface area contributed by atoms with Gasteiger partial charge in [-0.25, -0.2) is 4.39 Å². The lowest BCUT2D eigenvalue weighted by Gasteiger charge is -2.17. The number of hydrogen-bond acceptors (Lipinski definition) is 4. The molecule has 0 spiro atoms. The van der Waals surface area contributed by atoms with Gasteiger partial charge in [-0.1, -0.05) is 6.07 Å². The van der Waals surface area contributed by atoms with E-state index in [1.54, 1.807) is 44.2 Å². The molecule has 0 aromatic heterocycles. The lowest BCUT2D eigenvalue weighted by atomic mass is 10.2. The molecular weight excluding hydrogens is 337 g/mol. The summed E-state index contributed by atoms with van der Waals surface area (Å²) in [5, 5.41) is 8.37. The van der Waals surface area contributed by atoms with E-state index in [-0.39, 0.29) is 17.6 Å². The zero-order chi connectivity index (χ0) is 19.3. The summed E-state index contributed by atoms with van der Waals surface area (Å²) in [6.45, 7) is 4.75. The summed E-state index contributed by atoms with van der Waals surface area (Å²) >= 11 is 0. The minimum Gasteiger partial charge on any atom is -0.494 e. The molecule has 0 aliphatic rings. The van der Waals surface area contributed by atoms with Gasteiger partial charge in [0.2, 0.25) is 11.8 Å². The summed E-state index contributed by atoms with van der Waals surface area (Å²) < 4.78 is 18.8. The summed E-state index contributed by atoms with van der Waals surface area (Å²) in [6, 6.07) is 9.05. The topological polar surface area (TPSA) is 79.5 Å². The highest BCUT2D eigenvalue weighted by molar-refractivity contribution is 5.96. The van der Waals surface area contributed by atoms with Crippen molar-refractivity contribution in [2.24, 2.45) is 0 Å². The first-order chi connectivity index (χ1) is 12.3. The van der Waals surface area contributed by atoms with Crippen molar-refractivity contribution in [1.29, 1.82) is 0 Å². The molecule has 0 aliphatic heterocycles. The van der Waals surface area contributed by atoms with Crippen LogP contribution in [0, 0.1) is 12.7 Å². The molecule has 6 nitrogen and oxygen atoms in total. The predicted octanol–water partition coefficient (Wildman–Crippen LogP) is 3.54. The molecule has 0 aliphatic carbocycles. The lowest BCUT2D eigenvalue weighted by molar-refractivity contribution is -0.116. The maximum absolute atomic E-state index is 13.6. The molecule has 0 unspecified atom stereocenters. The van der Waals surface area contributed by atoms with E-state index in [9.17, 15) is 14.0 Å². The Morgan fingerprint density at radius 2 is 1.77 bits per heavy atom. The first-order valence-electron chi connectivity index (χ1n) is 8.09. The number of carbonyl (C=O) groups is 2. The number of hydrogen-bond donors (Lipinski definition) is 3. The average molecular weight is 359 g/mol. The van der Waals surface area contributed by atoms with Crippen LogP contribution >= 0.6 is 0 Å². The number of anilines is 3. The van der Waals surface area contributed by atoms with E-state index < -0.39 is 6.04 Å². The number of halogens is 1. The van der Waals surface area contributed by atoms with Gasteiger partial charge in [0.1, 0.15) is 17.6 Å². The molecule has 7 heteroatoms. The number of benzene rings is 2. The fraction of sp³-hybridized carbons (Fsp3) is 0.263. The molecule has 0 fully saturated rings. The van der Waals surface area contributed by atoms with Gasteiger partial charge >= 0.3 is 0 Å². The molecule has 0 saturated heterocycles. The van der Waals surface area contributed by atoms with Crippen LogP contribution in [0.15, 0.2) is 36.4 Å². The van der Waals surface area contributed by atoms with Crippen LogP contribution < -0.4 is 20.7 Å². The Morgan fingerprint density at radius 3 is 2.38 bits per heavy atom. The molecule has 0 heterocycles. The van der Waals surface area contributed by atoms with Crippen LogP contribution in [0.5, 0.6) is 5.75 Å². The molecule has 138 valence electrons. The molecule has 0 saturated carbocycles. The summed E-state index contributed by atoms with van der Waals surface area (Å²) in [4.78, 5) is 23.5. The molecule has 3 N–H and O–H groups in total. The minimum atomic E-state index is -0.573. The van der Waals surface area contributed by atoms with Gasteiger partial charge in [0, 0.05) is 24.4 Å². The second-order valence-corrected chi connectivity index (χ2v) is 5.92. The van der Waals surface area contributed by atoms with Crippen molar-refractivity contribution in [3.63, 3.8) is 0 Å². The Labute approximate surface area is 151 Å². The number of rotatable bonds is 6. The van der Waals surface area contributed by atoms with Crippen molar-refractivity contribution in [3.8, 4) is 5.75 Å². The number of carbonyl (C=O) groups excluding carboxylic acids is 2. The van der Waals surface area contributed by atoms with E-state index in [1.807, 2.05) is 0 Å². The Kier molecular flexibility index (Phi) is 6.16. The number of nitrogens with one attached hydrogen (secondary N) is 3. The zero-order valence-corrected chi connectivity index (χ0v) is 15.1. The monoisotopic (exact) mass is 359 g/mol. The largest absolute Gasteiger partial charge is 0.494 e. The molecule has 26 heavy (non-hydrogen) atoms. The highest BCUT2D eigenvalue weighted by Gasteiger charge is 2.15. The third-order valence-corrected chi connectivity index (χ3v) is 3.73. The van der Waals surface area contributed by atoms with Crippen LogP contribution in [-0.4, -0.2) is 25.0 Å². The van der Waals surface area contributed by atoms with Gasteiger partial charge in [0.05, 0.1) is 12.8 Å². The van der Waals surface area contributed by atoms with Crippen molar-refractivity contribution in [3.05, 3.63) is 47.8 Å². The van der Waals surface area contributed by atoms with E-state index in [2.05, 4.69) is 16.0 Å². The average Bonchev–Trinajstić information content (AvgIpc) is 2.59. The molecule has 2 aromatic rings. The Morgan fingerprint density at radius 1 is 1.08 bits per heavy atom. The van der Waals surface area contributed by atoms with E-state index in [1.165, 1.54) is 20.1 Å². The Hall–Kier alpha value is -3.09. The highest BCUT2D eigenvalue weighted by atomic mass is 19.1. The first kappa shape index (κ1) is 19.2. The standard InChI is InChI=1S/C19H22FN3O3/c1-11-5-6-14(9-16(11)20)23-19(25)12(2)21-15-7-8-17(22-13(3)24)18(10-15)26-4/h5-10,12,21H,1-4H3,(H,22,24)(H,23,25)/t12-/m1/s1. The fourth-order valence-corrected chi connectivity index (χ4v) is 2.31. The van der Waals surface area contributed by atoms with Gasteiger partial charge < -0.3 is 20.7 Å². The van der Waals surface area contributed by atoms with Crippen LogP contribution in [0.2, 0.25) is 0 Å². The van der Waals surface area contributed by atoms with Gasteiger partial charge in [0.15, 0.2) is 0 Å². The number of ether oxygens (including phenoxy) is 1. The smallest absolute Gasteiger partial charge is 0.246 e. The van der Waals surface area contributed by atoms with E-state index in [0.29, 0.717) is 28.4 Å². The van der Waals surface area contributed by atoms with E-state index in [4.69, 9.17) is 4.74 Å². The van der Waals surface area contributed by atoms with Crippen LogP contribution in [0.4, 0.5) is 21.5 Å². The first-order valence-corrected chi connectivity index (χ1v) is 8.09. The normalized spacial score (nSPS) is 11.4. The van der Waals surface area contributed by atoms with Crippen LogP contribution in [0.3, 0.4) is 0 Å². The van der Waals surface area contributed by atoms with Crippen LogP contribution in [-0.2, 0) is 9.59 Å². The van der Waals surface area contributed by atoms with Crippen molar-refractivity contribution in [2.45, 2.75) is 26.8 Å². The van der Waals surface area contributed by atoms with E-state index >= 15 is 0 Å². The van der Waals surface area contributed by atoms with Crippen molar-refractivity contribution in [1.82, 2.24) is 0 Å². The summed E-state index contributed by atoms with van der Waals surface area (Å²) in [5.41, 5.74) is 2.09. The molecule has 2 amide bonds. The summed E-state index contributed by atoms with van der Waals surface area (Å²) in [7, 11) is 1.49. The maximum Gasteiger partial charge on any atom is 0.246 e. The second-order valence-electron chi connectivity index (χ2n) is 5.92. The van der Waals surface area contributed by atoms with Gasteiger partial charge in [0.25, 0.3) is 0 Å².